The maximum Gasteiger partial charge on any atom is 0.266 e. The van der Waals surface area contributed by atoms with Gasteiger partial charge in [0.25, 0.3) is 17.7 Å². The van der Waals surface area contributed by atoms with Gasteiger partial charge in [-0.2, -0.15) is 0 Å². The van der Waals surface area contributed by atoms with E-state index in [0.717, 1.165) is 43.7 Å². The molecule has 0 saturated carbocycles. The maximum absolute atomic E-state index is 12.9. The van der Waals surface area contributed by atoms with Crippen molar-refractivity contribution in [2.24, 2.45) is 0 Å². The third-order valence-corrected chi connectivity index (χ3v) is 5.56. The number of amides is 3. The fourth-order valence-corrected chi connectivity index (χ4v) is 3.91. The van der Waals surface area contributed by atoms with Gasteiger partial charge in [0.05, 0.1) is 16.8 Å². The highest BCUT2D eigenvalue weighted by atomic mass is 16.2. The average Bonchev–Trinajstić information content (AvgIpc) is 2.91. The van der Waals surface area contributed by atoms with Gasteiger partial charge in [-0.05, 0) is 62.2 Å². The Morgan fingerprint density at radius 3 is 1.97 bits per heavy atom. The topological polar surface area (TPSA) is 74.8 Å². The number of Topliss-reactive ketones (excluding diaryl/α,β-unsaturated/α-hetero) is 1. The Morgan fingerprint density at radius 2 is 1.34 bits per heavy atom. The molecule has 4 rings (SSSR count). The second kappa shape index (κ2) is 7.62. The Balaban J connectivity index is 1.62. The van der Waals surface area contributed by atoms with Gasteiger partial charge in [-0.25, -0.2) is 4.90 Å². The molecule has 0 N–H and O–H groups in total. The lowest BCUT2D eigenvalue weighted by Crippen LogP contribution is -2.32. The summed E-state index contributed by atoms with van der Waals surface area (Å²) >= 11 is 0. The molecule has 29 heavy (non-hydrogen) atoms. The van der Waals surface area contributed by atoms with Gasteiger partial charge in [0, 0.05) is 24.2 Å². The second-order valence-electron chi connectivity index (χ2n) is 7.52. The minimum atomic E-state index is -0.453. The van der Waals surface area contributed by atoms with E-state index in [1.54, 1.807) is 36.4 Å². The molecule has 2 heterocycles. The van der Waals surface area contributed by atoms with Crippen molar-refractivity contribution in [3.8, 4) is 0 Å². The first-order chi connectivity index (χ1) is 14.0. The van der Waals surface area contributed by atoms with Gasteiger partial charge in [0.2, 0.25) is 0 Å². The fourth-order valence-electron chi connectivity index (χ4n) is 3.91. The molecule has 0 unspecified atom stereocenters. The van der Waals surface area contributed by atoms with Crippen LogP contribution in [0.1, 0.15) is 74.0 Å². The van der Waals surface area contributed by atoms with Crippen molar-refractivity contribution in [3.05, 3.63) is 64.7 Å². The fraction of sp³-hybridized carbons (Fsp3) is 0.304. The van der Waals surface area contributed by atoms with E-state index in [2.05, 4.69) is 0 Å². The Morgan fingerprint density at radius 1 is 0.759 bits per heavy atom. The van der Waals surface area contributed by atoms with Gasteiger partial charge >= 0.3 is 0 Å². The SMILES string of the molecule is CC(=O)c1ccc(N2C(=O)c3ccc(C(=O)N4CCCCCC4)cc3C2=O)cc1. The number of imide groups is 1. The number of nitrogens with zero attached hydrogens (tertiary/aromatic N) is 2. The van der Waals surface area contributed by atoms with Gasteiger partial charge in [-0.15, -0.1) is 0 Å². The molecule has 2 aliphatic heterocycles. The van der Waals surface area contributed by atoms with Gasteiger partial charge in [-0.3, -0.25) is 19.2 Å². The molecule has 2 aromatic carbocycles. The number of rotatable bonds is 3. The van der Waals surface area contributed by atoms with Crippen molar-refractivity contribution in [1.82, 2.24) is 4.90 Å². The monoisotopic (exact) mass is 390 g/mol. The van der Waals surface area contributed by atoms with E-state index < -0.39 is 11.8 Å². The number of hydrogen-bond donors (Lipinski definition) is 0. The summed E-state index contributed by atoms with van der Waals surface area (Å²) in [6, 6.07) is 11.1. The summed E-state index contributed by atoms with van der Waals surface area (Å²) in [6.45, 7) is 2.90. The summed E-state index contributed by atoms with van der Waals surface area (Å²) in [7, 11) is 0. The van der Waals surface area contributed by atoms with Crippen molar-refractivity contribution >= 4 is 29.2 Å². The largest absolute Gasteiger partial charge is 0.339 e. The molecule has 0 bridgehead atoms. The number of ketones is 1. The highest BCUT2D eigenvalue weighted by Crippen LogP contribution is 2.30. The number of carbonyl (C=O) groups is 4. The summed E-state index contributed by atoms with van der Waals surface area (Å²) in [5.41, 5.74) is 1.88. The molecule has 1 fully saturated rings. The van der Waals surface area contributed by atoms with Crippen molar-refractivity contribution in [2.45, 2.75) is 32.6 Å². The van der Waals surface area contributed by atoms with Gasteiger partial charge in [0.15, 0.2) is 5.78 Å². The highest BCUT2D eigenvalue weighted by molar-refractivity contribution is 6.34. The van der Waals surface area contributed by atoms with Crippen molar-refractivity contribution in [3.63, 3.8) is 0 Å². The van der Waals surface area contributed by atoms with Crippen LogP contribution in [0, 0.1) is 0 Å². The molecule has 0 aliphatic carbocycles. The number of anilines is 1. The van der Waals surface area contributed by atoms with Crippen molar-refractivity contribution < 1.29 is 19.2 Å². The molecule has 0 atom stereocenters. The summed E-state index contributed by atoms with van der Waals surface area (Å²) in [4.78, 5) is 53.0. The van der Waals surface area contributed by atoms with E-state index in [0.29, 0.717) is 16.8 Å². The summed E-state index contributed by atoms with van der Waals surface area (Å²) in [6.07, 6.45) is 4.22. The Labute approximate surface area is 169 Å². The molecule has 2 aromatic rings. The summed E-state index contributed by atoms with van der Waals surface area (Å²) in [5, 5.41) is 0. The third kappa shape index (κ3) is 3.46. The predicted octanol–water partition coefficient (Wildman–Crippen LogP) is 3.71. The Hall–Kier alpha value is -3.28. The average molecular weight is 390 g/mol. The van der Waals surface area contributed by atoms with Gasteiger partial charge in [-0.1, -0.05) is 12.8 Å². The summed E-state index contributed by atoms with van der Waals surface area (Å²) in [5.74, 6) is -1.06. The standard InChI is InChI=1S/C23H22N2O4/c1-15(26)16-6-9-18(10-7-16)25-22(28)19-11-8-17(14-20(19)23(25)29)21(27)24-12-4-2-3-5-13-24/h6-11,14H,2-5,12-13H2,1H3. The molecule has 6 nitrogen and oxygen atoms in total. The van der Waals surface area contributed by atoms with Gasteiger partial charge < -0.3 is 4.90 Å². The quantitative estimate of drug-likeness (QED) is 0.592. The third-order valence-electron chi connectivity index (χ3n) is 5.56. The lowest BCUT2D eigenvalue weighted by Gasteiger charge is -2.20. The van der Waals surface area contributed by atoms with Crippen LogP contribution < -0.4 is 4.90 Å². The van der Waals surface area contributed by atoms with E-state index in [4.69, 9.17) is 0 Å². The Kier molecular flexibility index (Phi) is 5.01. The molecule has 3 amide bonds. The van der Waals surface area contributed by atoms with E-state index in [-0.39, 0.29) is 22.8 Å². The normalized spacial score (nSPS) is 16.6. The van der Waals surface area contributed by atoms with E-state index in [9.17, 15) is 19.2 Å². The van der Waals surface area contributed by atoms with Crippen molar-refractivity contribution in [1.29, 1.82) is 0 Å². The van der Waals surface area contributed by atoms with Crippen LogP contribution >= 0.6 is 0 Å². The minimum Gasteiger partial charge on any atom is -0.339 e. The van der Waals surface area contributed by atoms with Crippen molar-refractivity contribution in [2.75, 3.05) is 18.0 Å². The maximum atomic E-state index is 12.9. The number of carbonyl (C=O) groups excluding carboxylic acids is 4. The van der Waals surface area contributed by atoms with Crippen LogP contribution in [0.25, 0.3) is 0 Å². The first-order valence-corrected chi connectivity index (χ1v) is 9.90. The molecule has 1 saturated heterocycles. The molecular formula is C23H22N2O4. The van der Waals surface area contributed by atoms with E-state index in [1.165, 1.54) is 13.0 Å². The molecule has 6 heteroatoms. The second-order valence-corrected chi connectivity index (χ2v) is 7.52. The van der Waals surface area contributed by atoms with E-state index >= 15 is 0 Å². The molecule has 0 aromatic heterocycles. The Bertz CT molecular complexity index is 1000. The number of benzene rings is 2. The zero-order valence-corrected chi connectivity index (χ0v) is 16.3. The van der Waals surface area contributed by atoms with Crippen LogP contribution in [-0.2, 0) is 0 Å². The predicted molar refractivity (Wildman–Crippen MR) is 108 cm³/mol. The molecule has 148 valence electrons. The lowest BCUT2D eigenvalue weighted by molar-refractivity contribution is 0.0761. The molecule has 2 aliphatic rings. The number of likely N-dealkylation sites (tertiary alicyclic amines) is 1. The molecule has 0 spiro atoms. The zero-order valence-electron chi connectivity index (χ0n) is 16.3. The lowest BCUT2D eigenvalue weighted by atomic mass is 10.0. The minimum absolute atomic E-state index is 0.0874. The molecular weight excluding hydrogens is 368 g/mol. The highest BCUT2D eigenvalue weighted by Gasteiger charge is 2.37. The first kappa shape index (κ1) is 19.1. The number of hydrogen-bond acceptors (Lipinski definition) is 4. The zero-order chi connectivity index (χ0) is 20.5. The van der Waals surface area contributed by atoms with Crippen LogP contribution in [0.5, 0.6) is 0 Å². The first-order valence-electron chi connectivity index (χ1n) is 9.90. The smallest absolute Gasteiger partial charge is 0.266 e. The van der Waals surface area contributed by atoms with Crippen LogP contribution in [0.3, 0.4) is 0 Å². The van der Waals surface area contributed by atoms with E-state index in [1.807, 2.05) is 4.90 Å². The van der Waals surface area contributed by atoms with Crippen LogP contribution in [0.2, 0.25) is 0 Å². The van der Waals surface area contributed by atoms with Crippen LogP contribution in [0.15, 0.2) is 42.5 Å². The van der Waals surface area contributed by atoms with Gasteiger partial charge in [0.1, 0.15) is 0 Å². The number of fused-ring (bicyclic) bond motifs is 1. The molecule has 0 radical (unpaired) electrons. The van der Waals surface area contributed by atoms with Crippen LogP contribution in [-0.4, -0.2) is 41.5 Å². The van der Waals surface area contributed by atoms with Crippen LogP contribution in [0.4, 0.5) is 5.69 Å². The summed E-state index contributed by atoms with van der Waals surface area (Å²) < 4.78 is 0.